The summed E-state index contributed by atoms with van der Waals surface area (Å²) in [5, 5.41) is 6.42. The van der Waals surface area contributed by atoms with Crippen molar-refractivity contribution in [3.8, 4) is 0 Å². The molecule has 0 aliphatic heterocycles. The number of aromatic nitrogens is 2. The van der Waals surface area contributed by atoms with Gasteiger partial charge in [-0.3, -0.25) is 0 Å². The summed E-state index contributed by atoms with van der Waals surface area (Å²) in [7, 11) is 1.85. The van der Waals surface area contributed by atoms with Crippen LogP contribution in [0.4, 0.5) is 16.0 Å². The Labute approximate surface area is 124 Å². The Kier molecular flexibility index (Phi) is 5.09. The molecule has 0 aliphatic rings. The molecular weight excluding hydrogens is 267 g/mol. The van der Waals surface area contributed by atoms with Gasteiger partial charge in [0.05, 0.1) is 0 Å². The van der Waals surface area contributed by atoms with Crippen molar-refractivity contribution in [2.45, 2.75) is 26.7 Å². The van der Waals surface area contributed by atoms with E-state index in [0.29, 0.717) is 0 Å². The maximum absolute atomic E-state index is 13.1. The summed E-state index contributed by atoms with van der Waals surface area (Å²) in [6.07, 6.45) is 3.24. The third-order valence-corrected chi connectivity index (χ3v) is 3.53. The number of nitrogens with zero attached hydrogens (tertiary/aromatic N) is 2. The molecule has 0 unspecified atom stereocenters. The third kappa shape index (κ3) is 3.68. The van der Waals surface area contributed by atoms with Crippen LogP contribution in [0.3, 0.4) is 0 Å². The largest absolute Gasteiger partial charge is 0.373 e. The van der Waals surface area contributed by atoms with Gasteiger partial charge in [-0.05, 0) is 43.0 Å². The molecule has 2 N–H and O–H groups in total. The lowest BCUT2D eigenvalue weighted by atomic mass is 10.1. The number of anilines is 2. The fourth-order valence-electron chi connectivity index (χ4n) is 2.37. The Bertz CT molecular complexity index is 613. The first-order valence-corrected chi connectivity index (χ1v) is 7.16. The molecule has 2 rings (SSSR count). The van der Waals surface area contributed by atoms with Crippen LogP contribution in [0.1, 0.15) is 23.6 Å². The van der Waals surface area contributed by atoms with E-state index in [1.165, 1.54) is 6.07 Å². The van der Waals surface area contributed by atoms with Crippen molar-refractivity contribution in [3.05, 3.63) is 47.0 Å². The molecule has 1 aromatic carbocycles. The van der Waals surface area contributed by atoms with Crippen LogP contribution >= 0.6 is 0 Å². The average molecular weight is 288 g/mol. The Balaban J connectivity index is 2.03. The van der Waals surface area contributed by atoms with Gasteiger partial charge in [0.15, 0.2) is 0 Å². The van der Waals surface area contributed by atoms with Gasteiger partial charge in [0, 0.05) is 19.2 Å². The van der Waals surface area contributed by atoms with Crippen LogP contribution < -0.4 is 10.6 Å². The molecule has 1 heterocycles. The predicted octanol–water partition coefficient (Wildman–Crippen LogP) is 3.18. The number of aryl methyl sites for hydroxylation is 1. The highest BCUT2D eigenvalue weighted by Crippen LogP contribution is 2.20. The minimum Gasteiger partial charge on any atom is -0.373 e. The molecule has 1 aromatic heterocycles. The van der Waals surface area contributed by atoms with E-state index in [1.807, 2.05) is 20.0 Å². The Morgan fingerprint density at radius 3 is 2.62 bits per heavy atom. The van der Waals surface area contributed by atoms with Crippen LogP contribution in [0, 0.1) is 12.7 Å². The van der Waals surface area contributed by atoms with Crippen molar-refractivity contribution in [2.75, 3.05) is 24.2 Å². The summed E-state index contributed by atoms with van der Waals surface area (Å²) in [6.45, 7) is 4.76. The zero-order valence-electron chi connectivity index (χ0n) is 12.7. The second-order valence-electron chi connectivity index (χ2n) is 4.90. The molecule has 0 aliphatic carbocycles. The Morgan fingerprint density at radius 1 is 1.19 bits per heavy atom. The van der Waals surface area contributed by atoms with Gasteiger partial charge < -0.3 is 10.6 Å². The molecule has 0 saturated carbocycles. The highest BCUT2D eigenvalue weighted by Gasteiger charge is 2.08. The molecule has 0 radical (unpaired) electrons. The SMILES string of the molecule is CCc1c(NC)ncnc1NCCc1ccc(F)cc1C. The standard InChI is InChI=1S/C16H21FN4/c1-4-14-15(18-3)20-10-21-16(14)19-8-7-12-5-6-13(17)9-11(12)2/h5-6,9-10H,4,7-8H2,1-3H3,(H2,18,19,20,21). The van der Waals surface area contributed by atoms with Crippen LogP contribution in [0.15, 0.2) is 24.5 Å². The van der Waals surface area contributed by atoms with E-state index >= 15 is 0 Å². The van der Waals surface area contributed by atoms with Gasteiger partial charge in [0.1, 0.15) is 23.8 Å². The lowest BCUT2D eigenvalue weighted by molar-refractivity contribution is 0.625. The molecule has 0 spiro atoms. The molecule has 21 heavy (non-hydrogen) atoms. The lowest BCUT2D eigenvalue weighted by Gasteiger charge is -2.13. The van der Waals surface area contributed by atoms with E-state index in [-0.39, 0.29) is 5.82 Å². The summed E-state index contributed by atoms with van der Waals surface area (Å²) in [5.41, 5.74) is 3.20. The summed E-state index contributed by atoms with van der Waals surface area (Å²) >= 11 is 0. The molecule has 5 heteroatoms. The second-order valence-corrected chi connectivity index (χ2v) is 4.90. The first kappa shape index (κ1) is 15.2. The van der Waals surface area contributed by atoms with Crippen molar-refractivity contribution in [2.24, 2.45) is 0 Å². The lowest BCUT2D eigenvalue weighted by Crippen LogP contribution is -2.11. The third-order valence-electron chi connectivity index (χ3n) is 3.53. The first-order valence-electron chi connectivity index (χ1n) is 7.16. The van der Waals surface area contributed by atoms with Crippen molar-refractivity contribution in [3.63, 3.8) is 0 Å². The monoisotopic (exact) mass is 288 g/mol. The van der Waals surface area contributed by atoms with Crippen LogP contribution in [0.25, 0.3) is 0 Å². The Hall–Kier alpha value is -2.17. The highest BCUT2D eigenvalue weighted by atomic mass is 19.1. The van der Waals surface area contributed by atoms with E-state index in [4.69, 9.17) is 0 Å². The van der Waals surface area contributed by atoms with Gasteiger partial charge in [-0.25, -0.2) is 14.4 Å². The quantitative estimate of drug-likeness (QED) is 0.857. The fourth-order valence-corrected chi connectivity index (χ4v) is 2.37. The molecule has 0 atom stereocenters. The summed E-state index contributed by atoms with van der Waals surface area (Å²) in [5.74, 6) is 1.52. The number of nitrogens with one attached hydrogen (secondary N) is 2. The van der Waals surface area contributed by atoms with Crippen molar-refractivity contribution < 1.29 is 4.39 Å². The van der Waals surface area contributed by atoms with Gasteiger partial charge in [0.2, 0.25) is 0 Å². The first-order chi connectivity index (χ1) is 10.2. The van der Waals surface area contributed by atoms with Crippen LogP contribution in [0.5, 0.6) is 0 Å². The Morgan fingerprint density at radius 2 is 1.95 bits per heavy atom. The number of halogens is 1. The van der Waals surface area contributed by atoms with Crippen molar-refractivity contribution in [1.82, 2.24) is 9.97 Å². The summed E-state index contributed by atoms with van der Waals surface area (Å²) in [4.78, 5) is 8.52. The van der Waals surface area contributed by atoms with Crippen LogP contribution in [-0.4, -0.2) is 23.6 Å². The summed E-state index contributed by atoms with van der Waals surface area (Å²) < 4.78 is 13.1. The van der Waals surface area contributed by atoms with Gasteiger partial charge in [-0.1, -0.05) is 13.0 Å². The second kappa shape index (κ2) is 7.02. The van der Waals surface area contributed by atoms with E-state index in [1.54, 1.807) is 12.4 Å². The molecule has 2 aromatic rings. The van der Waals surface area contributed by atoms with Gasteiger partial charge in [-0.2, -0.15) is 0 Å². The van der Waals surface area contributed by atoms with E-state index in [9.17, 15) is 4.39 Å². The molecular formula is C16H21FN4. The molecule has 0 amide bonds. The maximum Gasteiger partial charge on any atom is 0.134 e. The average Bonchev–Trinajstić information content (AvgIpc) is 2.49. The maximum atomic E-state index is 13.1. The number of hydrogen-bond acceptors (Lipinski definition) is 4. The summed E-state index contributed by atoms with van der Waals surface area (Å²) in [6, 6.07) is 4.91. The number of rotatable bonds is 6. The van der Waals surface area contributed by atoms with Gasteiger partial charge >= 0.3 is 0 Å². The normalized spacial score (nSPS) is 10.5. The zero-order chi connectivity index (χ0) is 15.2. The fraction of sp³-hybridized carbons (Fsp3) is 0.375. The topological polar surface area (TPSA) is 49.8 Å². The molecule has 0 saturated heterocycles. The van der Waals surface area contributed by atoms with E-state index < -0.39 is 0 Å². The molecule has 112 valence electrons. The number of benzene rings is 1. The molecule has 0 fully saturated rings. The zero-order valence-corrected chi connectivity index (χ0v) is 12.7. The van der Waals surface area contributed by atoms with E-state index in [0.717, 1.165) is 47.7 Å². The van der Waals surface area contributed by atoms with Crippen LogP contribution in [-0.2, 0) is 12.8 Å². The van der Waals surface area contributed by atoms with Gasteiger partial charge in [-0.15, -0.1) is 0 Å². The highest BCUT2D eigenvalue weighted by molar-refractivity contribution is 5.57. The van der Waals surface area contributed by atoms with Crippen LogP contribution in [0.2, 0.25) is 0 Å². The van der Waals surface area contributed by atoms with E-state index in [2.05, 4.69) is 27.5 Å². The molecule has 0 bridgehead atoms. The number of hydrogen-bond donors (Lipinski definition) is 2. The van der Waals surface area contributed by atoms with Gasteiger partial charge in [0.25, 0.3) is 0 Å². The van der Waals surface area contributed by atoms with Crippen molar-refractivity contribution in [1.29, 1.82) is 0 Å². The van der Waals surface area contributed by atoms with Crippen molar-refractivity contribution >= 4 is 11.6 Å². The smallest absolute Gasteiger partial charge is 0.134 e. The minimum atomic E-state index is -0.188. The minimum absolute atomic E-state index is 0.188. The molecule has 4 nitrogen and oxygen atoms in total. The predicted molar refractivity (Wildman–Crippen MR) is 84.3 cm³/mol.